The van der Waals surface area contributed by atoms with Crippen molar-refractivity contribution in [3.63, 3.8) is 0 Å². The number of aromatic amines is 1. The number of likely N-dealkylation sites (tertiary alicyclic amines) is 1. The Hall–Kier alpha value is -4.00. The van der Waals surface area contributed by atoms with Crippen molar-refractivity contribution in [2.24, 2.45) is 7.05 Å². The highest BCUT2D eigenvalue weighted by Gasteiger charge is 2.42. The summed E-state index contributed by atoms with van der Waals surface area (Å²) in [5.41, 5.74) is 8.33. The number of nitrogens with zero attached hydrogens (tertiary/aromatic N) is 5. The first-order valence-corrected chi connectivity index (χ1v) is 12.3. The number of rotatable bonds is 2. The molecule has 7 nitrogen and oxygen atoms in total. The van der Waals surface area contributed by atoms with E-state index in [1.54, 1.807) is 6.33 Å². The summed E-state index contributed by atoms with van der Waals surface area (Å²) in [6.45, 7) is 1.55. The number of imidazole rings is 1. The van der Waals surface area contributed by atoms with Crippen LogP contribution < -0.4 is 0 Å². The number of amides is 1. The summed E-state index contributed by atoms with van der Waals surface area (Å²) in [6, 6.07) is 17.0. The minimum absolute atomic E-state index is 0.0324. The molecule has 7 heteroatoms. The number of nitrogens with one attached hydrogen (secondary N) is 1. The molecule has 0 bridgehead atoms. The van der Waals surface area contributed by atoms with Gasteiger partial charge in [-0.3, -0.25) is 9.48 Å². The number of hydrogen-bond donors (Lipinski definition) is 1. The molecule has 0 radical (unpaired) electrons. The van der Waals surface area contributed by atoms with Crippen LogP contribution in [0.5, 0.6) is 0 Å². The van der Waals surface area contributed by atoms with E-state index >= 15 is 0 Å². The number of fused-ring (bicyclic) bond motifs is 4. The van der Waals surface area contributed by atoms with E-state index in [9.17, 15) is 4.79 Å². The summed E-state index contributed by atoms with van der Waals surface area (Å²) in [5, 5.41) is 5.55. The van der Waals surface area contributed by atoms with Gasteiger partial charge >= 0.3 is 0 Å². The number of pyridine rings is 1. The van der Waals surface area contributed by atoms with Gasteiger partial charge in [0.1, 0.15) is 0 Å². The Labute approximate surface area is 202 Å². The minimum Gasteiger partial charge on any atom is -0.343 e. The SMILES string of the molecule is Cn1nc(C(=O)N2CCC3(CCc4ccccc43)CC2)c2ccc(-c3cnc4nc[nH]c4c3)cc21. The third kappa shape index (κ3) is 3.11. The lowest BCUT2D eigenvalue weighted by atomic mass is 9.74. The van der Waals surface area contributed by atoms with Crippen LogP contribution in [0.2, 0.25) is 0 Å². The van der Waals surface area contributed by atoms with Crippen molar-refractivity contribution in [1.82, 2.24) is 29.6 Å². The van der Waals surface area contributed by atoms with Crippen LogP contribution >= 0.6 is 0 Å². The third-order valence-corrected chi connectivity index (χ3v) is 8.13. The Morgan fingerprint density at radius 3 is 2.74 bits per heavy atom. The lowest BCUT2D eigenvalue weighted by Gasteiger charge is -2.40. The molecule has 174 valence electrons. The molecule has 5 aromatic rings. The summed E-state index contributed by atoms with van der Waals surface area (Å²) in [4.78, 5) is 27.3. The Morgan fingerprint density at radius 1 is 1.00 bits per heavy atom. The highest BCUT2D eigenvalue weighted by Crippen LogP contribution is 2.46. The fourth-order valence-electron chi connectivity index (χ4n) is 6.15. The molecular formula is C28H26N6O. The first-order chi connectivity index (χ1) is 17.1. The molecular weight excluding hydrogens is 436 g/mol. The molecule has 1 fully saturated rings. The maximum Gasteiger partial charge on any atom is 0.275 e. The number of aromatic nitrogens is 5. The molecule has 7 rings (SSSR count). The molecule has 1 N–H and O–H groups in total. The van der Waals surface area contributed by atoms with Gasteiger partial charge in [-0.25, -0.2) is 9.97 Å². The Balaban J connectivity index is 1.16. The molecule has 1 amide bonds. The average Bonchev–Trinajstić information content (AvgIpc) is 3.60. The van der Waals surface area contributed by atoms with E-state index in [0.29, 0.717) is 11.3 Å². The van der Waals surface area contributed by atoms with Crippen LogP contribution in [-0.2, 0) is 18.9 Å². The van der Waals surface area contributed by atoms with E-state index in [1.165, 1.54) is 17.5 Å². The number of hydrogen-bond acceptors (Lipinski definition) is 4. The molecule has 0 atom stereocenters. The molecule has 3 aromatic heterocycles. The Morgan fingerprint density at radius 2 is 1.86 bits per heavy atom. The van der Waals surface area contributed by atoms with Crippen LogP contribution in [0.4, 0.5) is 0 Å². The molecule has 1 aliphatic heterocycles. The largest absolute Gasteiger partial charge is 0.343 e. The minimum atomic E-state index is 0.0324. The van der Waals surface area contributed by atoms with Crippen LogP contribution in [0.25, 0.3) is 33.2 Å². The van der Waals surface area contributed by atoms with Crippen LogP contribution in [-0.4, -0.2) is 48.6 Å². The maximum absolute atomic E-state index is 13.6. The predicted molar refractivity (Wildman–Crippen MR) is 135 cm³/mol. The number of aryl methyl sites for hydroxylation is 2. The fourth-order valence-corrected chi connectivity index (χ4v) is 6.15. The van der Waals surface area contributed by atoms with Crippen molar-refractivity contribution in [1.29, 1.82) is 0 Å². The quantitative estimate of drug-likeness (QED) is 0.415. The lowest BCUT2D eigenvalue weighted by Crippen LogP contribution is -2.44. The van der Waals surface area contributed by atoms with E-state index in [4.69, 9.17) is 0 Å². The van der Waals surface area contributed by atoms with E-state index in [1.807, 2.05) is 41.0 Å². The first-order valence-electron chi connectivity index (χ1n) is 12.3. The number of benzene rings is 2. The van der Waals surface area contributed by atoms with Gasteiger partial charge in [0.15, 0.2) is 11.3 Å². The molecule has 2 aromatic carbocycles. The molecule has 1 aliphatic carbocycles. The molecule has 0 saturated carbocycles. The van der Waals surface area contributed by atoms with Crippen LogP contribution in [0.1, 0.15) is 40.9 Å². The van der Waals surface area contributed by atoms with Crippen LogP contribution in [0.15, 0.2) is 61.1 Å². The molecule has 1 spiro atoms. The lowest BCUT2D eigenvalue weighted by molar-refractivity contribution is 0.0661. The van der Waals surface area contributed by atoms with Gasteiger partial charge in [-0.2, -0.15) is 5.10 Å². The van der Waals surface area contributed by atoms with Crippen molar-refractivity contribution < 1.29 is 4.79 Å². The summed E-state index contributed by atoms with van der Waals surface area (Å²) in [6.07, 6.45) is 7.87. The Bertz CT molecular complexity index is 1600. The molecule has 1 saturated heterocycles. The van der Waals surface area contributed by atoms with Gasteiger partial charge in [-0.05, 0) is 66.0 Å². The van der Waals surface area contributed by atoms with Crippen molar-refractivity contribution in [3.05, 3.63) is 77.9 Å². The zero-order valence-corrected chi connectivity index (χ0v) is 19.7. The molecule has 0 unspecified atom stereocenters. The number of H-pyrrole nitrogens is 1. The topological polar surface area (TPSA) is 79.7 Å². The summed E-state index contributed by atoms with van der Waals surface area (Å²) >= 11 is 0. The van der Waals surface area contributed by atoms with E-state index < -0.39 is 0 Å². The number of carbonyl (C=O) groups is 1. The average molecular weight is 463 g/mol. The van der Waals surface area contributed by atoms with Gasteiger partial charge < -0.3 is 9.88 Å². The van der Waals surface area contributed by atoms with E-state index in [2.05, 4.69) is 50.4 Å². The monoisotopic (exact) mass is 462 g/mol. The third-order valence-electron chi connectivity index (χ3n) is 8.13. The second-order valence-electron chi connectivity index (χ2n) is 9.93. The second kappa shape index (κ2) is 7.50. The normalized spacial score (nSPS) is 16.9. The fraction of sp³-hybridized carbons (Fsp3) is 0.286. The van der Waals surface area contributed by atoms with Gasteiger partial charge in [-0.15, -0.1) is 0 Å². The zero-order chi connectivity index (χ0) is 23.6. The summed E-state index contributed by atoms with van der Waals surface area (Å²) in [5.74, 6) is 0.0324. The van der Waals surface area contributed by atoms with Gasteiger partial charge in [0, 0.05) is 37.3 Å². The second-order valence-corrected chi connectivity index (χ2v) is 9.93. The Kier molecular flexibility index (Phi) is 4.37. The molecule has 35 heavy (non-hydrogen) atoms. The van der Waals surface area contributed by atoms with E-state index in [-0.39, 0.29) is 11.3 Å². The first kappa shape index (κ1) is 20.4. The number of piperidine rings is 1. The summed E-state index contributed by atoms with van der Waals surface area (Å²) < 4.78 is 1.81. The highest BCUT2D eigenvalue weighted by atomic mass is 16.2. The number of carbonyl (C=O) groups excluding carboxylic acids is 1. The predicted octanol–water partition coefficient (Wildman–Crippen LogP) is 4.63. The summed E-state index contributed by atoms with van der Waals surface area (Å²) in [7, 11) is 1.90. The van der Waals surface area contributed by atoms with Crippen LogP contribution in [0.3, 0.4) is 0 Å². The van der Waals surface area contributed by atoms with Gasteiger partial charge in [-0.1, -0.05) is 30.3 Å². The highest BCUT2D eigenvalue weighted by molar-refractivity contribution is 6.05. The molecule has 4 heterocycles. The zero-order valence-electron chi connectivity index (χ0n) is 19.7. The van der Waals surface area contributed by atoms with Crippen LogP contribution in [0, 0.1) is 0 Å². The van der Waals surface area contributed by atoms with E-state index in [0.717, 1.165) is 59.9 Å². The van der Waals surface area contributed by atoms with Gasteiger partial charge in [0.05, 0.1) is 17.4 Å². The maximum atomic E-state index is 13.6. The molecule has 2 aliphatic rings. The standard InChI is InChI=1S/C28H26N6O/c1-33-24-15-19(20-14-23-26(29-16-20)31-17-30-23)6-7-21(24)25(32-33)27(35)34-12-10-28(11-13-34)9-8-18-4-2-3-5-22(18)28/h2-7,14-17H,8-13H2,1H3,(H,29,30,31). The van der Waals surface area contributed by atoms with Gasteiger partial charge in [0.2, 0.25) is 0 Å². The van der Waals surface area contributed by atoms with Crippen molar-refractivity contribution in [3.8, 4) is 11.1 Å². The van der Waals surface area contributed by atoms with Crippen molar-refractivity contribution in [2.45, 2.75) is 31.1 Å². The van der Waals surface area contributed by atoms with Gasteiger partial charge in [0.25, 0.3) is 5.91 Å². The van der Waals surface area contributed by atoms with Crippen molar-refractivity contribution in [2.75, 3.05) is 13.1 Å². The smallest absolute Gasteiger partial charge is 0.275 e. The van der Waals surface area contributed by atoms with Crippen molar-refractivity contribution >= 4 is 28.0 Å².